The molecule has 2 heterocycles. The summed E-state index contributed by atoms with van der Waals surface area (Å²) in [5.41, 5.74) is 0.0443. The smallest absolute Gasteiger partial charge is 0.0822 e. The molecule has 0 radical (unpaired) electrons. The van der Waals surface area contributed by atoms with Crippen molar-refractivity contribution in [2.75, 3.05) is 32.8 Å². The Bertz CT molecular complexity index is 178. The third-order valence-electron chi connectivity index (χ3n) is 2.67. The van der Waals surface area contributed by atoms with Gasteiger partial charge in [-0.05, 0) is 20.3 Å². The molecule has 0 aromatic rings. The Morgan fingerprint density at radius 2 is 2.23 bits per heavy atom. The van der Waals surface area contributed by atoms with Gasteiger partial charge in [0.2, 0.25) is 0 Å². The monoisotopic (exact) mass is 185 g/mol. The SMILES string of the molecule is CC1(C)CN(CCC2CO2)CCO1. The zero-order valence-electron chi connectivity index (χ0n) is 8.58. The van der Waals surface area contributed by atoms with Crippen molar-refractivity contribution in [2.24, 2.45) is 0 Å². The molecular formula is C10H19NO2. The third kappa shape index (κ3) is 2.93. The average Bonchev–Trinajstić information content (AvgIpc) is 2.82. The second kappa shape index (κ2) is 3.56. The molecule has 0 bridgehead atoms. The van der Waals surface area contributed by atoms with Crippen LogP contribution in [-0.4, -0.2) is 49.5 Å². The van der Waals surface area contributed by atoms with Gasteiger partial charge in [-0.1, -0.05) is 0 Å². The molecule has 1 atom stereocenters. The second-order valence-electron chi connectivity index (χ2n) is 4.63. The predicted molar refractivity (Wildman–Crippen MR) is 50.8 cm³/mol. The molecule has 2 aliphatic rings. The minimum absolute atomic E-state index is 0.0443. The first-order chi connectivity index (χ1) is 6.16. The van der Waals surface area contributed by atoms with Crippen LogP contribution in [0.15, 0.2) is 0 Å². The quantitative estimate of drug-likeness (QED) is 0.610. The van der Waals surface area contributed by atoms with Gasteiger partial charge < -0.3 is 9.47 Å². The summed E-state index contributed by atoms with van der Waals surface area (Å²) >= 11 is 0. The van der Waals surface area contributed by atoms with Crippen LogP contribution in [-0.2, 0) is 9.47 Å². The second-order valence-corrected chi connectivity index (χ2v) is 4.63. The normalized spacial score (nSPS) is 33.2. The highest BCUT2D eigenvalue weighted by molar-refractivity contribution is 4.80. The van der Waals surface area contributed by atoms with Gasteiger partial charge in [-0.2, -0.15) is 0 Å². The van der Waals surface area contributed by atoms with Crippen LogP contribution in [0.4, 0.5) is 0 Å². The molecule has 0 N–H and O–H groups in total. The molecule has 3 nitrogen and oxygen atoms in total. The summed E-state index contributed by atoms with van der Waals surface area (Å²) in [7, 11) is 0. The molecule has 0 aliphatic carbocycles. The number of nitrogens with zero attached hydrogens (tertiary/aromatic N) is 1. The zero-order chi connectivity index (χ0) is 9.31. The Morgan fingerprint density at radius 3 is 2.85 bits per heavy atom. The number of hydrogen-bond donors (Lipinski definition) is 0. The molecule has 0 saturated carbocycles. The molecule has 1 unspecified atom stereocenters. The molecule has 2 aliphatic heterocycles. The number of epoxide rings is 1. The minimum Gasteiger partial charge on any atom is -0.373 e. The van der Waals surface area contributed by atoms with E-state index in [-0.39, 0.29) is 5.60 Å². The largest absolute Gasteiger partial charge is 0.373 e. The van der Waals surface area contributed by atoms with Gasteiger partial charge in [0.15, 0.2) is 0 Å². The van der Waals surface area contributed by atoms with Crippen molar-refractivity contribution in [1.82, 2.24) is 4.90 Å². The van der Waals surface area contributed by atoms with Gasteiger partial charge in [-0.15, -0.1) is 0 Å². The van der Waals surface area contributed by atoms with Gasteiger partial charge in [0.1, 0.15) is 0 Å². The van der Waals surface area contributed by atoms with Crippen LogP contribution in [0.1, 0.15) is 20.3 Å². The maximum atomic E-state index is 5.65. The van der Waals surface area contributed by atoms with E-state index < -0.39 is 0 Å². The van der Waals surface area contributed by atoms with E-state index in [0.717, 1.165) is 32.8 Å². The van der Waals surface area contributed by atoms with Crippen LogP contribution in [0, 0.1) is 0 Å². The van der Waals surface area contributed by atoms with Crippen LogP contribution in [0.25, 0.3) is 0 Å². The molecule has 2 fully saturated rings. The lowest BCUT2D eigenvalue weighted by atomic mass is 10.1. The predicted octanol–water partition coefficient (Wildman–Crippen LogP) is 0.886. The standard InChI is InChI=1S/C10H19NO2/c1-10(2)8-11(5-6-13-10)4-3-9-7-12-9/h9H,3-8H2,1-2H3. The Balaban J connectivity index is 1.71. The first-order valence-corrected chi connectivity index (χ1v) is 5.14. The van der Waals surface area contributed by atoms with Crippen LogP contribution in [0.2, 0.25) is 0 Å². The van der Waals surface area contributed by atoms with Gasteiger partial charge in [0.05, 0.1) is 24.9 Å². The van der Waals surface area contributed by atoms with E-state index in [1.54, 1.807) is 0 Å². The fourth-order valence-electron chi connectivity index (χ4n) is 1.87. The number of rotatable bonds is 3. The van der Waals surface area contributed by atoms with Crippen LogP contribution in [0.3, 0.4) is 0 Å². The van der Waals surface area contributed by atoms with Gasteiger partial charge in [0.25, 0.3) is 0 Å². The van der Waals surface area contributed by atoms with Crippen LogP contribution < -0.4 is 0 Å². The lowest BCUT2D eigenvalue weighted by molar-refractivity contribution is -0.0863. The molecule has 2 saturated heterocycles. The van der Waals surface area contributed by atoms with Crippen LogP contribution >= 0.6 is 0 Å². The summed E-state index contributed by atoms with van der Waals surface area (Å²) in [5, 5.41) is 0. The lowest BCUT2D eigenvalue weighted by Gasteiger charge is -2.38. The fraction of sp³-hybridized carbons (Fsp3) is 1.00. The molecular weight excluding hydrogens is 166 g/mol. The van der Waals surface area contributed by atoms with Crippen molar-refractivity contribution < 1.29 is 9.47 Å². The van der Waals surface area contributed by atoms with Crippen molar-refractivity contribution in [1.29, 1.82) is 0 Å². The van der Waals surface area contributed by atoms with Crippen LogP contribution in [0.5, 0.6) is 0 Å². The molecule has 3 heteroatoms. The van der Waals surface area contributed by atoms with Crippen molar-refractivity contribution in [2.45, 2.75) is 32.0 Å². The molecule has 0 spiro atoms. The molecule has 76 valence electrons. The van der Waals surface area contributed by atoms with Crippen molar-refractivity contribution in [3.05, 3.63) is 0 Å². The maximum absolute atomic E-state index is 5.65. The third-order valence-corrected chi connectivity index (χ3v) is 2.67. The molecule has 0 aromatic heterocycles. The fourth-order valence-corrected chi connectivity index (χ4v) is 1.87. The first kappa shape index (κ1) is 9.44. The van der Waals surface area contributed by atoms with E-state index >= 15 is 0 Å². The summed E-state index contributed by atoms with van der Waals surface area (Å²) < 4.78 is 10.8. The topological polar surface area (TPSA) is 25.0 Å². The van der Waals surface area contributed by atoms with E-state index in [2.05, 4.69) is 18.7 Å². The summed E-state index contributed by atoms with van der Waals surface area (Å²) in [6.07, 6.45) is 1.75. The van der Waals surface area contributed by atoms with E-state index in [4.69, 9.17) is 9.47 Å². The molecule has 13 heavy (non-hydrogen) atoms. The summed E-state index contributed by atoms with van der Waals surface area (Å²) in [6.45, 7) is 9.47. The molecule has 0 aromatic carbocycles. The molecule has 0 amide bonds. The number of morpholine rings is 1. The van der Waals surface area contributed by atoms with Gasteiger partial charge in [0, 0.05) is 19.6 Å². The zero-order valence-corrected chi connectivity index (χ0v) is 8.58. The Hall–Kier alpha value is -0.120. The van der Waals surface area contributed by atoms with Gasteiger partial charge in [-0.3, -0.25) is 4.90 Å². The first-order valence-electron chi connectivity index (χ1n) is 5.14. The Morgan fingerprint density at radius 1 is 1.46 bits per heavy atom. The van der Waals surface area contributed by atoms with Crippen molar-refractivity contribution in [3.63, 3.8) is 0 Å². The molecule has 2 rings (SSSR count). The highest BCUT2D eigenvalue weighted by Gasteiger charge is 2.29. The highest BCUT2D eigenvalue weighted by Crippen LogP contribution is 2.19. The van der Waals surface area contributed by atoms with E-state index in [1.807, 2.05) is 0 Å². The van der Waals surface area contributed by atoms with Gasteiger partial charge >= 0.3 is 0 Å². The van der Waals surface area contributed by atoms with E-state index in [9.17, 15) is 0 Å². The number of hydrogen-bond acceptors (Lipinski definition) is 3. The van der Waals surface area contributed by atoms with E-state index in [1.165, 1.54) is 6.42 Å². The minimum atomic E-state index is 0.0443. The highest BCUT2D eigenvalue weighted by atomic mass is 16.6. The Labute approximate surface area is 80.0 Å². The Kier molecular flexibility index (Phi) is 2.58. The van der Waals surface area contributed by atoms with Crippen molar-refractivity contribution >= 4 is 0 Å². The van der Waals surface area contributed by atoms with Crippen molar-refractivity contribution in [3.8, 4) is 0 Å². The summed E-state index contributed by atoms with van der Waals surface area (Å²) in [4.78, 5) is 2.48. The summed E-state index contributed by atoms with van der Waals surface area (Å²) in [5.74, 6) is 0. The lowest BCUT2D eigenvalue weighted by Crippen LogP contribution is -2.48. The number of ether oxygens (including phenoxy) is 2. The summed E-state index contributed by atoms with van der Waals surface area (Å²) in [6, 6.07) is 0. The van der Waals surface area contributed by atoms with Gasteiger partial charge in [-0.25, -0.2) is 0 Å². The van der Waals surface area contributed by atoms with E-state index in [0.29, 0.717) is 6.10 Å². The maximum Gasteiger partial charge on any atom is 0.0822 e. The average molecular weight is 185 g/mol.